The number of ether oxygens (including phenoxy) is 2. The maximum absolute atomic E-state index is 13.0. The fourth-order valence-corrected chi connectivity index (χ4v) is 3.12. The van der Waals surface area contributed by atoms with E-state index in [0.29, 0.717) is 34.3 Å². The van der Waals surface area contributed by atoms with Crippen molar-refractivity contribution in [1.29, 1.82) is 5.26 Å². The third-order valence-corrected chi connectivity index (χ3v) is 4.78. The van der Waals surface area contributed by atoms with Crippen LogP contribution >= 0.6 is 11.6 Å². The van der Waals surface area contributed by atoms with Gasteiger partial charge in [-0.3, -0.25) is 9.59 Å². The molecule has 0 atom stereocenters. The summed E-state index contributed by atoms with van der Waals surface area (Å²) >= 11 is 6.09. The number of hydrogen-bond acceptors (Lipinski definition) is 5. The topological polar surface area (TPSA) is 100 Å². The molecule has 0 heterocycles. The van der Waals surface area contributed by atoms with Crippen LogP contribution < -0.4 is 20.1 Å². The first-order valence-corrected chi connectivity index (χ1v) is 10.9. The van der Waals surface area contributed by atoms with Crippen molar-refractivity contribution in [3.05, 3.63) is 88.7 Å². The number of halogens is 2. The first-order valence-electron chi connectivity index (χ1n) is 10.5. The summed E-state index contributed by atoms with van der Waals surface area (Å²) in [7, 11) is 0. The minimum absolute atomic E-state index is 0.193. The third kappa shape index (κ3) is 7.59. The molecule has 3 aromatic carbocycles. The van der Waals surface area contributed by atoms with E-state index in [1.807, 2.05) is 13.0 Å². The van der Waals surface area contributed by atoms with Gasteiger partial charge in [0.15, 0.2) is 6.61 Å². The van der Waals surface area contributed by atoms with Crippen molar-refractivity contribution in [1.82, 2.24) is 0 Å². The third-order valence-electron chi connectivity index (χ3n) is 4.55. The Morgan fingerprint density at radius 2 is 1.66 bits per heavy atom. The Hall–Kier alpha value is -4.35. The van der Waals surface area contributed by atoms with Crippen molar-refractivity contribution in [3.63, 3.8) is 0 Å². The maximum atomic E-state index is 13.0. The number of anilines is 2. The molecule has 0 spiro atoms. The van der Waals surface area contributed by atoms with Crippen molar-refractivity contribution in [2.24, 2.45) is 0 Å². The molecule has 2 amide bonds. The Bertz CT molecular complexity index is 1270. The first-order chi connectivity index (χ1) is 16.9. The molecular formula is C26H21ClFN3O4. The van der Waals surface area contributed by atoms with Crippen LogP contribution in [0.3, 0.4) is 0 Å². The molecule has 3 aromatic rings. The summed E-state index contributed by atoms with van der Waals surface area (Å²) in [6, 6.07) is 18.5. The molecule has 0 aliphatic rings. The van der Waals surface area contributed by atoms with Gasteiger partial charge in [-0.05, 0) is 79.7 Å². The summed E-state index contributed by atoms with van der Waals surface area (Å²) in [6.07, 6.45) is 1.32. The van der Waals surface area contributed by atoms with Crippen molar-refractivity contribution < 1.29 is 23.5 Å². The van der Waals surface area contributed by atoms with Gasteiger partial charge in [0.1, 0.15) is 29.0 Å². The number of nitriles is 1. The lowest BCUT2D eigenvalue weighted by Gasteiger charge is -2.11. The Balaban J connectivity index is 1.71. The highest BCUT2D eigenvalue weighted by molar-refractivity contribution is 6.30. The van der Waals surface area contributed by atoms with E-state index in [2.05, 4.69) is 10.6 Å². The molecule has 35 heavy (non-hydrogen) atoms. The average Bonchev–Trinajstić information content (AvgIpc) is 2.84. The second-order valence-corrected chi connectivity index (χ2v) is 7.54. The molecule has 0 bridgehead atoms. The normalized spacial score (nSPS) is 10.7. The van der Waals surface area contributed by atoms with Crippen molar-refractivity contribution >= 4 is 40.9 Å². The van der Waals surface area contributed by atoms with Gasteiger partial charge in [-0.2, -0.15) is 5.26 Å². The van der Waals surface area contributed by atoms with Crippen LogP contribution in [0.5, 0.6) is 11.5 Å². The molecule has 178 valence electrons. The molecule has 9 heteroatoms. The Labute approximate surface area is 206 Å². The lowest BCUT2D eigenvalue weighted by molar-refractivity contribution is -0.118. The number of carbonyl (C=O) groups is 2. The molecule has 0 fully saturated rings. The predicted octanol–water partition coefficient (Wildman–Crippen LogP) is 5.44. The number of benzene rings is 3. The molecule has 0 aliphatic carbocycles. The summed E-state index contributed by atoms with van der Waals surface area (Å²) < 4.78 is 24.0. The van der Waals surface area contributed by atoms with Crippen molar-refractivity contribution in [2.75, 3.05) is 23.8 Å². The number of hydrogen-bond donors (Lipinski definition) is 2. The van der Waals surface area contributed by atoms with E-state index in [0.717, 1.165) is 0 Å². The number of nitrogens with one attached hydrogen (secondary N) is 2. The molecule has 0 aromatic heterocycles. The molecule has 0 saturated heterocycles. The standard InChI is InChI=1S/C26H21ClFN3O4/c1-2-34-23-10-8-22(9-11-23)31-26(33)18(15-29)13-17-14-19(27)3-12-24(17)35-16-25(32)30-21-6-4-20(28)5-7-21/h3-14H,2,16H2,1H3,(H,30,32)(H,31,33). The average molecular weight is 494 g/mol. The minimum atomic E-state index is -0.628. The molecule has 7 nitrogen and oxygen atoms in total. The molecular weight excluding hydrogens is 473 g/mol. The smallest absolute Gasteiger partial charge is 0.266 e. The number of carbonyl (C=O) groups excluding carboxylic acids is 2. The van der Waals surface area contributed by atoms with Gasteiger partial charge in [-0.1, -0.05) is 11.6 Å². The van der Waals surface area contributed by atoms with Crippen LogP contribution in [0.1, 0.15) is 12.5 Å². The van der Waals surface area contributed by atoms with Crippen LogP contribution in [-0.2, 0) is 9.59 Å². The maximum Gasteiger partial charge on any atom is 0.266 e. The van der Waals surface area contributed by atoms with Gasteiger partial charge in [-0.25, -0.2) is 4.39 Å². The van der Waals surface area contributed by atoms with Crippen molar-refractivity contribution in [3.8, 4) is 17.6 Å². The Morgan fingerprint density at radius 3 is 2.31 bits per heavy atom. The fraction of sp³-hybridized carbons (Fsp3) is 0.115. The highest BCUT2D eigenvalue weighted by atomic mass is 35.5. The Morgan fingerprint density at radius 1 is 1.00 bits per heavy atom. The van der Waals surface area contributed by atoms with E-state index >= 15 is 0 Å². The van der Waals surface area contributed by atoms with Gasteiger partial charge in [0.05, 0.1) is 6.61 Å². The second kappa shape index (κ2) is 12.2. The minimum Gasteiger partial charge on any atom is -0.494 e. The van der Waals surface area contributed by atoms with Crippen LogP contribution in [0.15, 0.2) is 72.3 Å². The van der Waals surface area contributed by atoms with Crippen molar-refractivity contribution in [2.45, 2.75) is 6.92 Å². The van der Waals surface area contributed by atoms with E-state index in [4.69, 9.17) is 21.1 Å². The molecule has 0 unspecified atom stereocenters. The van der Waals surface area contributed by atoms with Gasteiger partial charge in [0.25, 0.3) is 11.8 Å². The quantitative estimate of drug-likeness (QED) is 0.305. The predicted molar refractivity (Wildman–Crippen MR) is 132 cm³/mol. The highest BCUT2D eigenvalue weighted by Gasteiger charge is 2.13. The van der Waals surface area contributed by atoms with Crippen LogP contribution in [0.4, 0.5) is 15.8 Å². The summed E-state index contributed by atoms with van der Waals surface area (Å²) in [4.78, 5) is 24.9. The number of nitrogens with zero attached hydrogens (tertiary/aromatic N) is 1. The van der Waals surface area contributed by atoms with E-state index < -0.39 is 17.6 Å². The highest BCUT2D eigenvalue weighted by Crippen LogP contribution is 2.26. The fourth-order valence-electron chi connectivity index (χ4n) is 2.94. The van der Waals surface area contributed by atoms with Gasteiger partial charge >= 0.3 is 0 Å². The van der Waals surface area contributed by atoms with E-state index in [1.165, 1.54) is 42.5 Å². The molecule has 0 aliphatic heterocycles. The Kier molecular flexibility index (Phi) is 8.82. The van der Waals surface area contributed by atoms with Gasteiger partial charge in [0, 0.05) is 22.0 Å². The number of amides is 2. The molecule has 2 N–H and O–H groups in total. The van der Waals surface area contributed by atoms with Crippen LogP contribution in [0, 0.1) is 17.1 Å². The zero-order valence-corrected chi connectivity index (χ0v) is 19.4. The lowest BCUT2D eigenvalue weighted by atomic mass is 10.1. The lowest BCUT2D eigenvalue weighted by Crippen LogP contribution is -2.20. The second-order valence-electron chi connectivity index (χ2n) is 7.11. The monoisotopic (exact) mass is 493 g/mol. The molecule has 3 rings (SSSR count). The first kappa shape index (κ1) is 25.3. The summed E-state index contributed by atoms with van der Waals surface area (Å²) in [5, 5.41) is 15.1. The van der Waals surface area contributed by atoms with Gasteiger partial charge < -0.3 is 20.1 Å². The SMILES string of the molecule is CCOc1ccc(NC(=O)C(C#N)=Cc2cc(Cl)ccc2OCC(=O)Nc2ccc(F)cc2)cc1. The summed E-state index contributed by atoms with van der Waals surface area (Å²) in [5.74, 6) is -0.625. The largest absolute Gasteiger partial charge is 0.494 e. The van der Waals surface area contributed by atoms with Crippen LogP contribution in [-0.4, -0.2) is 25.0 Å². The van der Waals surface area contributed by atoms with E-state index in [-0.39, 0.29) is 17.9 Å². The number of rotatable bonds is 9. The van der Waals surface area contributed by atoms with Crippen LogP contribution in [0.25, 0.3) is 6.08 Å². The zero-order chi connectivity index (χ0) is 25.2. The van der Waals surface area contributed by atoms with Crippen LogP contribution in [0.2, 0.25) is 5.02 Å². The molecule has 0 saturated carbocycles. The zero-order valence-electron chi connectivity index (χ0n) is 18.7. The van der Waals surface area contributed by atoms with E-state index in [1.54, 1.807) is 30.3 Å². The molecule has 0 radical (unpaired) electrons. The van der Waals surface area contributed by atoms with E-state index in [9.17, 15) is 19.2 Å². The van der Waals surface area contributed by atoms with Gasteiger partial charge in [0.2, 0.25) is 0 Å². The summed E-state index contributed by atoms with van der Waals surface area (Å²) in [5.41, 5.74) is 1.04. The summed E-state index contributed by atoms with van der Waals surface area (Å²) in [6.45, 7) is 2.02. The van der Waals surface area contributed by atoms with Gasteiger partial charge in [-0.15, -0.1) is 0 Å².